The third-order valence-corrected chi connectivity index (χ3v) is 7.72. The van der Waals surface area contributed by atoms with Crippen LogP contribution in [0.4, 0.5) is 0 Å². The van der Waals surface area contributed by atoms with Gasteiger partial charge < -0.3 is 10.1 Å². The number of piperidine rings is 1. The number of amides is 1. The molecule has 0 radical (unpaired) electrons. The van der Waals surface area contributed by atoms with Crippen LogP contribution in [0.25, 0.3) is 0 Å². The summed E-state index contributed by atoms with van der Waals surface area (Å²) >= 11 is 0. The highest BCUT2D eigenvalue weighted by Gasteiger charge is 2.33. The van der Waals surface area contributed by atoms with Gasteiger partial charge in [-0.1, -0.05) is 18.2 Å². The van der Waals surface area contributed by atoms with Gasteiger partial charge in [-0.25, -0.2) is 8.42 Å². The molecule has 1 aliphatic rings. The minimum absolute atomic E-state index is 0.102. The van der Waals surface area contributed by atoms with Crippen LogP contribution in [0.5, 0.6) is 5.75 Å². The van der Waals surface area contributed by atoms with E-state index in [1.165, 1.54) is 22.5 Å². The van der Waals surface area contributed by atoms with Crippen molar-refractivity contribution in [2.24, 2.45) is 5.92 Å². The van der Waals surface area contributed by atoms with Gasteiger partial charge in [-0.2, -0.15) is 4.31 Å². The second-order valence-electron chi connectivity index (χ2n) is 7.95. The number of hydrogen-bond acceptors (Lipinski definition) is 4. The molecule has 1 N–H and O–H groups in total. The average molecular weight is 431 g/mol. The number of nitrogens with zero attached hydrogens (tertiary/aromatic N) is 1. The van der Waals surface area contributed by atoms with Crippen LogP contribution in [-0.4, -0.2) is 38.8 Å². The number of aryl methyl sites for hydroxylation is 2. The molecule has 1 heterocycles. The van der Waals surface area contributed by atoms with Gasteiger partial charge in [0.2, 0.25) is 15.9 Å². The van der Waals surface area contributed by atoms with E-state index in [-0.39, 0.29) is 29.3 Å². The van der Waals surface area contributed by atoms with Gasteiger partial charge >= 0.3 is 0 Å². The number of hydrogen-bond donors (Lipinski definition) is 1. The lowest BCUT2D eigenvalue weighted by Gasteiger charge is -2.32. The zero-order chi connectivity index (χ0) is 21.9. The Morgan fingerprint density at radius 1 is 1.13 bits per heavy atom. The Morgan fingerprint density at radius 2 is 1.83 bits per heavy atom. The van der Waals surface area contributed by atoms with Crippen molar-refractivity contribution in [3.05, 3.63) is 59.2 Å². The van der Waals surface area contributed by atoms with E-state index in [1.807, 2.05) is 13.0 Å². The molecule has 3 rings (SSSR count). The Morgan fingerprint density at radius 3 is 2.47 bits per heavy atom. The molecule has 0 aliphatic carbocycles. The number of benzene rings is 2. The van der Waals surface area contributed by atoms with Gasteiger partial charge in [-0.15, -0.1) is 0 Å². The molecule has 30 heavy (non-hydrogen) atoms. The Bertz CT molecular complexity index is 1000. The van der Waals surface area contributed by atoms with E-state index in [9.17, 15) is 13.2 Å². The molecule has 1 amide bonds. The third-order valence-electron chi connectivity index (χ3n) is 5.84. The highest BCUT2D eigenvalue weighted by atomic mass is 32.2. The van der Waals surface area contributed by atoms with Crippen LogP contribution in [0.3, 0.4) is 0 Å². The molecule has 0 saturated carbocycles. The van der Waals surface area contributed by atoms with Gasteiger partial charge in [0.05, 0.1) is 24.0 Å². The molecule has 162 valence electrons. The molecule has 1 fully saturated rings. The third kappa shape index (κ3) is 4.84. The lowest BCUT2D eigenvalue weighted by molar-refractivity contribution is -0.126. The first kappa shape index (κ1) is 22.3. The van der Waals surface area contributed by atoms with Crippen molar-refractivity contribution in [1.82, 2.24) is 9.62 Å². The summed E-state index contributed by atoms with van der Waals surface area (Å²) in [5.41, 5.74) is 3.44. The number of methoxy groups -OCH3 is 1. The lowest BCUT2D eigenvalue weighted by atomic mass is 9.97. The van der Waals surface area contributed by atoms with E-state index >= 15 is 0 Å². The molecule has 0 aromatic heterocycles. The Balaban J connectivity index is 1.68. The van der Waals surface area contributed by atoms with Crippen LogP contribution in [0.15, 0.2) is 47.4 Å². The van der Waals surface area contributed by atoms with Crippen molar-refractivity contribution >= 4 is 15.9 Å². The van der Waals surface area contributed by atoms with Crippen molar-refractivity contribution in [3.63, 3.8) is 0 Å². The molecule has 0 spiro atoms. The summed E-state index contributed by atoms with van der Waals surface area (Å²) in [4.78, 5) is 13.1. The van der Waals surface area contributed by atoms with Gasteiger partial charge in [-0.3, -0.25) is 4.79 Å². The number of carbonyl (C=O) groups excluding carboxylic acids is 1. The number of carbonyl (C=O) groups is 1. The molecular formula is C23H30N2O4S. The second-order valence-corrected chi connectivity index (χ2v) is 9.89. The zero-order valence-electron chi connectivity index (χ0n) is 18.0. The summed E-state index contributed by atoms with van der Waals surface area (Å²) in [5.74, 6) is 0.140. The summed E-state index contributed by atoms with van der Waals surface area (Å²) in [6.07, 6.45) is 1.34. The maximum atomic E-state index is 13.0. The minimum atomic E-state index is -3.65. The van der Waals surface area contributed by atoms with Gasteiger partial charge in [0.15, 0.2) is 0 Å². The Labute approximate surface area is 179 Å². The number of ether oxygens (including phenoxy) is 1. The SMILES string of the molecule is COc1ccc(S(=O)(=O)N2CCC[C@@H](C(=O)N[C@H](C)c3ccc(C)c(C)c3)C2)cc1. The standard InChI is InChI=1S/C23H30N2O4S/c1-16-7-8-19(14-17(16)2)18(3)24-23(26)20-6-5-13-25(15-20)30(27,28)22-11-9-21(29-4)10-12-22/h7-12,14,18,20H,5-6,13,15H2,1-4H3,(H,24,26)/t18-,20-/m1/s1. The van der Waals surface area contributed by atoms with Gasteiger partial charge in [0.1, 0.15) is 5.75 Å². The minimum Gasteiger partial charge on any atom is -0.497 e. The molecule has 1 saturated heterocycles. The first-order chi connectivity index (χ1) is 14.2. The van der Waals surface area contributed by atoms with E-state index in [2.05, 4.69) is 31.3 Å². The van der Waals surface area contributed by atoms with E-state index in [0.29, 0.717) is 25.1 Å². The molecule has 0 unspecified atom stereocenters. The molecule has 1 aliphatic heterocycles. The smallest absolute Gasteiger partial charge is 0.243 e. The van der Waals surface area contributed by atoms with Crippen LogP contribution in [0, 0.1) is 19.8 Å². The lowest BCUT2D eigenvalue weighted by Crippen LogP contribution is -2.45. The topological polar surface area (TPSA) is 75.7 Å². The second kappa shape index (κ2) is 9.18. The van der Waals surface area contributed by atoms with Gasteiger partial charge in [0.25, 0.3) is 0 Å². The summed E-state index contributed by atoms with van der Waals surface area (Å²) < 4.78 is 32.6. The van der Waals surface area contributed by atoms with E-state index in [4.69, 9.17) is 4.74 Å². The van der Waals surface area contributed by atoms with Crippen LogP contribution in [0.2, 0.25) is 0 Å². The summed E-state index contributed by atoms with van der Waals surface area (Å²) in [6, 6.07) is 12.4. The number of sulfonamides is 1. The molecule has 7 heteroatoms. The molecule has 2 aromatic carbocycles. The van der Waals surface area contributed by atoms with Crippen LogP contribution >= 0.6 is 0 Å². The molecule has 0 bridgehead atoms. The predicted octanol–water partition coefficient (Wildman–Crippen LogP) is 3.59. The van der Waals surface area contributed by atoms with Crippen molar-refractivity contribution < 1.29 is 17.9 Å². The van der Waals surface area contributed by atoms with Crippen molar-refractivity contribution in [2.45, 2.75) is 44.6 Å². The first-order valence-electron chi connectivity index (χ1n) is 10.2. The first-order valence-corrected chi connectivity index (χ1v) is 11.7. The summed E-state index contributed by atoms with van der Waals surface area (Å²) in [7, 11) is -2.11. The number of rotatable bonds is 6. The largest absolute Gasteiger partial charge is 0.497 e. The Kier molecular flexibility index (Phi) is 6.83. The predicted molar refractivity (Wildman–Crippen MR) is 117 cm³/mol. The average Bonchev–Trinajstić information content (AvgIpc) is 2.75. The van der Waals surface area contributed by atoms with Crippen LogP contribution in [0.1, 0.15) is 42.5 Å². The van der Waals surface area contributed by atoms with Crippen LogP contribution < -0.4 is 10.1 Å². The molecular weight excluding hydrogens is 400 g/mol. The number of nitrogens with one attached hydrogen (secondary N) is 1. The highest BCUT2D eigenvalue weighted by molar-refractivity contribution is 7.89. The molecule has 6 nitrogen and oxygen atoms in total. The summed E-state index contributed by atoms with van der Waals surface area (Å²) in [5, 5.41) is 3.06. The monoisotopic (exact) mass is 430 g/mol. The quantitative estimate of drug-likeness (QED) is 0.760. The van der Waals surface area contributed by atoms with Gasteiger partial charge in [0, 0.05) is 13.1 Å². The molecule has 2 aromatic rings. The van der Waals surface area contributed by atoms with Crippen molar-refractivity contribution in [1.29, 1.82) is 0 Å². The van der Waals surface area contributed by atoms with Crippen molar-refractivity contribution in [3.8, 4) is 5.75 Å². The highest BCUT2D eigenvalue weighted by Crippen LogP contribution is 2.26. The fraction of sp³-hybridized carbons (Fsp3) is 0.435. The van der Waals surface area contributed by atoms with E-state index in [1.54, 1.807) is 24.3 Å². The maximum absolute atomic E-state index is 13.0. The maximum Gasteiger partial charge on any atom is 0.243 e. The van der Waals surface area contributed by atoms with Crippen molar-refractivity contribution in [2.75, 3.05) is 20.2 Å². The Hall–Kier alpha value is -2.38. The molecule has 2 atom stereocenters. The van der Waals surface area contributed by atoms with E-state index in [0.717, 1.165) is 5.56 Å². The fourth-order valence-corrected chi connectivity index (χ4v) is 5.24. The fourth-order valence-electron chi connectivity index (χ4n) is 3.72. The van der Waals surface area contributed by atoms with Crippen LogP contribution in [-0.2, 0) is 14.8 Å². The normalized spacial score (nSPS) is 18.6. The zero-order valence-corrected chi connectivity index (χ0v) is 18.8. The van der Waals surface area contributed by atoms with E-state index < -0.39 is 10.0 Å². The summed E-state index contributed by atoms with van der Waals surface area (Å²) in [6.45, 7) is 6.68. The van der Waals surface area contributed by atoms with Gasteiger partial charge in [-0.05, 0) is 74.6 Å².